The molecular formula is C8H11N3O2. The molecule has 1 atom stereocenters. The van der Waals surface area contributed by atoms with Gasteiger partial charge in [-0.3, -0.25) is 10.1 Å². The van der Waals surface area contributed by atoms with Crippen molar-refractivity contribution in [3.63, 3.8) is 0 Å². The number of aliphatic imine (C=N–C) groups is 1. The second-order valence-corrected chi connectivity index (χ2v) is 3.16. The molecule has 0 saturated heterocycles. The van der Waals surface area contributed by atoms with Gasteiger partial charge < -0.3 is 10.4 Å². The number of aliphatic carboxylic acids is 1. The summed E-state index contributed by atoms with van der Waals surface area (Å²) in [5.41, 5.74) is 1.06. The topological polar surface area (TPSA) is 73.7 Å². The third-order valence-electron chi connectivity index (χ3n) is 2.22. The van der Waals surface area contributed by atoms with Gasteiger partial charge in [-0.2, -0.15) is 0 Å². The number of hydrogen-bond acceptors (Lipinski definition) is 4. The average molecular weight is 181 g/mol. The van der Waals surface area contributed by atoms with E-state index in [2.05, 4.69) is 15.6 Å². The van der Waals surface area contributed by atoms with Crippen molar-refractivity contribution in [2.24, 2.45) is 10.9 Å². The monoisotopic (exact) mass is 181 g/mol. The van der Waals surface area contributed by atoms with Crippen LogP contribution in [0.1, 0.15) is 6.42 Å². The van der Waals surface area contributed by atoms with Gasteiger partial charge in [0.05, 0.1) is 12.6 Å². The highest BCUT2D eigenvalue weighted by Gasteiger charge is 2.24. The molecule has 5 nitrogen and oxygen atoms in total. The van der Waals surface area contributed by atoms with Crippen LogP contribution < -0.4 is 10.6 Å². The molecule has 2 aliphatic rings. The Kier molecular flexibility index (Phi) is 2.02. The summed E-state index contributed by atoms with van der Waals surface area (Å²) in [4.78, 5) is 14.8. The zero-order valence-electron chi connectivity index (χ0n) is 7.08. The summed E-state index contributed by atoms with van der Waals surface area (Å²) in [6, 6.07) is 0. The molecule has 0 aromatic rings. The second kappa shape index (κ2) is 3.18. The average Bonchev–Trinajstić information content (AvgIpc) is 2.17. The molecule has 13 heavy (non-hydrogen) atoms. The molecule has 2 heterocycles. The van der Waals surface area contributed by atoms with E-state index in [1.165, 1.54) is 6.21 Å². The van der Waals surface area contributed by atoms with E-state index in [1.807, 2.05) is 0 Å². The van der Waals surface area contributed by atoms with Gasteiger partial charge in [0.2, 0.25) is 0 Å². The van der Waals surface area contributed by atoms with Crippen LogP contribution in [0.25, 0.3) is 0 Å². The first-order valence-corrected chi connectivity index (χ1v) is 4.21. The maximum absolute atomic E-state index is 10.7. The third-order valence-corrected chi connectivity index (χ3v) is 2.22. The normalized spacial score (nSPS) is 26.6. The van der Waals surface area contributed by atoms with E-state index in [9.17, 15) is 4.79 Å². The molecule has 2 rings (SSSR count). The van der Waals surface area contributed by atoms with Gasteiger partial charge in [0, 0.05) is 12.8 Å². The van der Waals surface area contributed by atoms with Gasteiger partial charge >= 0.3 is 5.97 Å². The molecule has 2 aliphatic heterocycles. The van der Waals surface area contributed by atoms with Gasteiger partial charge in [-0.25, -0.2) is 4.99 Å². The van der Waals surface area contributed by atoms with Crippen LogP contribution in [0.4, 0.5) is 0 Å². The SMILES string of the molecule is O=C(O)C1C=NC2=C(CNCN2)C1. The molecule has 70 valence electrons. The van der Waals surface area contributed by atoms with Crippen LogP contribution in [0.5, 0.6) is 0 Å². The van der Waals surface area contributed by atoms with Crippen LogP contribution in [0.2, 0.25) is 0 Å². The van der Waals surface area contributed by atoms with E-state index >= 15 is 0 Å². The summed E-state index contributed by atoms with van der Waals surface area (Å²) in [5.74, 6) is -0.419. The van der Waals surface area contributed by atoms with Crippen LogP contribution >= 0.6 is 0 Å². The zero-order chi connectivity index (χ0) is 9.26. The molecule has 0 aliphatic carbocycles. The van der Waals surface area contributed by atoms with Crippen LogP contribution in [0.3, 0.4) is 0 Å². The van der Waals surface area contributed by atoms with E-state index < -0.39 is 11.9 Å². The van der Waals surface area contributed by atoms with E-state index in [-0.39, 0.29) is 0 Å². The van der Waals surface area contributed by atoms with Crippen molar-refractivity contribution in [2.45, 2.75) is 6.42 Å². The molecule has 0 spiro atoms. The molecule has 1 unspecified atom stereocenters. The number of rotatable bonds is 1. The lowest BCUT2D eigenvalue weighted by molar-refractivity contribution is -0.139. The minimum Gasteiger partial charge on any atom is -0.481 e. The lowest BCUT2D eigenvalue weighted by atomic mass is 9.97. The van der Waals surface area contributed by atoms with Gasteiger partial charge in [-0.15, -0.1) is 0 Å². The number of nitrogens with one attached hydrogen (secondary N) is 2. The van der Waals surface area contributed by atoms with Crippen LogP contribution in [-0.2, 0) is 4.79 Å². The Morgan fingerprint density at radius 3 is 3.31 bits per heavy atom. The highest BCUT2D eigenvalue weighted by atomic mass is 16.4. The predicted octanol–water partition coefficient (Wildman–Crippen LogP) is -0.476. The van der Waals surface area contributed by atoms with Gasteiger partial charge in [0.1, 0.15) is 5.82 Å². The van der Waals surface area contributed by atoms with Crippen LogP contribution in [0, 0.1) is 5.92 Å². The van der Waals surface area contributed by atoms with Crippen molar-refractivity contribution in [1.82, 2.24) is 10.6 Å². The largest absolute Gasteiger partial charge is 0.481 e. The van der Waals surface area contributed by atoms with Crippen molar-refractivity contribution in [1.29, 1.82) is 0 Å². The lowest BCUT2D eigenvalue weighted by Gasteiger charge is -2.24. The van der Waals surface area contributed by atoms with E-state index in [0.717, 1.165) is 17.9 Å². The quantitative estimate of drug-likeness (QED) is 0.511. The number of carbonyl (C=O) groups is 1. The van der Waals surface area contributed by atoms with Crippen molar-refractivity contribution in [2.75, 3.05) is 13.2 Å². The predicted molar refractivity (Wildman–Crippen MR) is 47.3 cm³/mol. The Morgan fingerprint density at radius 2 is 2.54 bits per heavy atom. The van der Waals surface area contributed by atoms with Gasteiger partial charge in [0.15, 0.2) is 0 Å². The number of hydrogen-bond donors (Lipinski definition) is 3. The molecule has 0 fully saturated rings. The van der Waals surface area contributed by atoms with E-state index in [1.54, 1.807) is 0 Å². The highest BCUT2D eigenvalue weighted by molar-refractivity contribution is 5.90. The summed E-state index contributed by atoms with van der Waals surface area (Å²) >= 11 is 0. The minimum atomic E-state index is -0.805. The summed E-state index contributed by atoms with van der Waals surface area (Å²) < 4.78 is 0. The molecule has 0 saturated carbocycles. The van der Waals surface area contributed by atoms with Crippen molar-refractivity contribution < 1.29 is 9.90 Å². The fraction of sp³-hybridized carbons (Fsp3) is 0.500. The zero-order valence-corrected chi connectivity index (χ0v) is 7.08. The highest BCUT2D eigenvalue weighted by Crippen LogP contribution is 2.20. The summed E-state index contributed by atoms with van der Waals surface area (Å²) in [5, 5.41) is 14.9. The lowest BCUT2D eigenvalue weighted by Crippen LogP contribution is -2.39. The fourth-order valence-corrected chi connectivity index (χ4v) is 1.51. The van der Waals surface area contributed by atoms with Crippen molar-refractivity contribution in [3.05, 3.63) is 11.4 Å². The molecule has 0 bridgehead atoms. The summed E-state index contributed by atoms with van der Waals surface area (Å²) in [6.45, 7) is 1.44. The first kappa shape index (κ1) is 8.25. The van der Waals surface area contributed by atoms with Gasteiger partial charge in [-0.1, -0.05) is 0 Å². The van der Waals surface area contributed by atoms with Crippen molar-refractivity contribution >= 4 is 12.2 Å². The Bertz CT molecular complexity index is 296. The number of carboxylic acids is 1. The molecule has 0 aromatic heterocycles. The first-order chi connectivity index (χ1) is 6.27. The maximum atomic E-state index is 10.7. The first-order valence-electron chi connectivity index (χ1n) is 4.21. The van der Waals surface area contributed by atoms with Gasteiger partial charge in [-0.05, 0) is 12.0 Å². The molecular weight excluding hydrogens is 170 g/mol. The van der Waals surface area contributed by atoms with E-state index in [0.29, 0.717) is 13.1 Å². The Balaban J connectivity index is 2.15. The van der Waals surface area contributed by atoms with Crippen LogP contribution in [0.15, 0.2) is 16.4 Å². The Labute approximate surface area is 75.5 Å². The standard InChI is InChI=1S/C8H11N3O2/c12-8(13)6-1-5-2-9-4-11-7(5)10-3-6/h3,6,9,11H,1-2,4H2,(H,12,13). The molecule has 5 heteroatoms. The Morgan fingerprint density at radius 1 is 1.69 bits per heavy atom. The van der Waals surface area contributed by atoms with E-state index in [4.69, 9.17) is 5.11 Å². The summed E-state index contributed by atoms with van der Waals surface area (Å²) in [7, 11) is 0. The Hall–Kier alpha value is -1.36. The second-order valence-electron chi connectivity index (χ2n) is 3.16. The molecule has 0 amide bonds. The number of nitrogens with zero attached hydrogens (tertiary/aromatic N) is 1. The smallest absolute Gasteiger partial charge is 0.312 e. The minimum absolute atomic E-state index is 0.458. The maximum Gasteiger partial charge on any atom is 0.312 e. The van der Waals surface area contributed by atoms with Gasteiger partial charge in [0.25, 0.3) is 0 Å². The molecule has 0 aromatic carbocycles. The third kappa shape index (κ3) is 1.55. The van der Waals surface area contributed by atoms with Crippen LogP contribution in [-0.4, -0.2) is 30.5 Å². The fourth-order valence-electron chi connectivity index (χ4n) is 1.51. The molecule has 0 radical (unpaired) electrons. The number of carboxylic acid groups (broad SMARTS) is 1. The van der Waals surface area contributed by atoms with Crippen molar-refractivity contribution in [3.8, 4) is 0 Å². The molecule has 3 N–H and O–H groups in total. The summed E-state index contributed by atoms with van der Waals surface area (Å²) in [6.07, 6.45) is 2.06.